The van der Waals surface area contributed by atoms with E-state index >= 15 is 0 Å². The Bertz CT molecular complexity index is 395. The van der Waals surface area contributed by atoms with Crippen LogP contribution in [0.25, 0.3) is 0 Å². The molecule has 1 aromatic rings. The Morgan fingerprint density at radius 1 is 1.50 bits per heavy atom. The average Bonchev–Trinajstić information content (AvgIpc) is 2.62. The van der Waals surface area contributed by atoms with Crippen molar-refractivity contribution >= 4 is 5.69 Å². The Hall–Kier alpha value is -1.26. The van der Waals surface area contributed by atoms with E-state index < -0.39 is 0 Å². The SMILES string of the molecule is COc1ccc(CN)c(N2CCCOC(C)C2)c1. The van der Waals surface area contributed by atoms with Crippen molar-refractivity contribution < 1.29 is 9.47 Å². The van der Waals surface area contributed by atoms with E-state index in [9.17, 15) is 0 Å². The van der Waals surface area contributed by atoms with E-state index in [0.29, 0.717) is 6.54 Å². The highest BCUT2D eigenvalue weighted by Crippen LogP contribution is 2.27. The van der Waals surface area contributed by atoms with E-state index in [1.54, 1.807) is 7.11 Å². The van der Waals surface area contributed by atoms with Gasteiger partial charge >= 0.3 is 0 Å². The summed E-state index contributed by atoms with van der Waals surface area (Å²) in [5.74, 6) is 0.875. The second kappa shape index (κ2) is 6.07. The van der Waals surface area contributed by atoms with Gasteiger partial charge in [-0.1, -0.05) is 6.07 Å². The molecule has 1 heterocycles. The zero-order valence-corrected chi connectivity index (χ0v) is 11.2. The third kappa shape index (κ3) is 2.94. The average molecular weight is 250 g/mol. The first-order valence-corrected chi connectivity index (χ1v) is 6.48. The van der Waals surface area contributed by atoms with E-state index in [-0.39, 0.29) is 6.10 Å². The van der Waals surface area contributed by atoms with Crippen molar-refractivity contribution in [3.05, 3.63) is 23.8 Å². The molecule has 1 aliphatic rings. The lowest BCUT2D eigenvalue weighted by Gasteiger charge is -2.27. The molecule has 4 heteroatoms. The zero-order valence-electron chi connectivity index (χ0n) is 11.2. The van der Waals surface area contributed by atoms with Crippen molar-refractivity contribution in [2.24, 2.45) is 5.73 Å². The fourth-order valence-corrected chi connectivity index (χ4v) is 2.35. The fraction of sp³-hybridized carbons (Fsp3) is 0.571. The van der Waals surface area contributed by atoms with Gasteiger partial charge in [-0.15, -0.1) is 0 Å². The van der Waals surface area contributed by atoms with Gasteiger partial charge in [0.1, 0.15) is 5.75 Å². The van der Waals surface area contributed by atoms with Crippen LogP contribution in [0.3, 0.4) is 0 Å². The van der Waals surface area contributed by atoms with Gasteiger partial charge in [-0.25, -0.2) is 0 Å². The van der Waals surface area contributed by atoms with Gasteiger partial charge in [-0.2, -0.15) is 0 Å². The Morgan fingerprint density at radius 2 is 2.33 bits per heavy atom. The summed E-state index contributed by atoms with van der Waals surface area (Å²) in [6, 6.07) is 6.08. The lowest BCUT2D eigenvalue weighted by molar-refractivity contribution is 0.0821. The topological polar surface area (TPSA) is 47.7 Å². The van der Waals surface area contributed by atoms with E-state index in [2.05, 4.69) is 17.9 Å². The van der Waals surface area contributed by atoms with Crippen molar-refractivity contribution in [2.45, 2.75) is 26.0 Å². The standard InChI is InChI=1S/C14H22N2O2/c1-11-10-16(6-3-7-18-11)14-8-13(17-2)5-4-12(14)9-15/h4-5,8,11H,3,6-7,9-10,15H2,1-2H3. The molecule has 2 rings (SSSR count). The van der Waals surface area contributed by atoms with E-state index in [1.807, 2.05) is 12.1 Å². The highest BCUT2D eigenvalue weighted by Gasteiger charge is 2.18. The number of hydrogen-bond donors (Lipinski definition) is 1. The Balaban J connectivity index is 2.28. The molecule has 0 saturated carbocycles. The summed E-state index contributed by atoms with van der Waals surface area (Å²) >= 11 is 0. The Kier molecular flexibility index (Phi) is 4.44. The zero-order chi connectivity index (χ0) is 13.0. The maximum Gasteiger partial charge on any atom is 0.120 e. The predicted molar refractivity (Wildman–Crippen MR) is 73.1 cm³/mol. The molecule has 4 nitrogen and oxygen atoms in total. The van der Waals surface area contributed by atoms with Gasteiger partial charge < -0.3 is 20.1 Å². The molecule has 18 heavy (non-hydrogen) atoms. The minimum Gasteiger partial charge on any atom is -0.497 e. The number of benzene rings is 1. The van der Waals surface area contributed by atoms with Gasteiger partial charge in [-0.05, 0) is 25.0 Å². The van der Waals surface area contributed by atoms with Crippen LogP contribution in [0, 0.1) is 0 Å². The van der Waals surface area contributed by atoms with Crippen molar-refractivity contribution in [1.29, 1.82) is 0 Å². The molecular weight excluding hydrogens is 228 g/mol. The molecular formula is C14H22N2O2. The minimum absolute atomic E-state index is 0.254. The summed E-state index contributed by atoms with van der Waals surface area (Å²) in [5, 5.41) is 0. The summed E-state index contributed by atoms with van der Waals surface area (Å²) in [6.07, 6.45) is 1.30. The molecule has 2 N–H and O–H groups in total. The van der Waals surface area contributed by atoms with Crippen molar-refractivity contribution in [3.8, 4) is 5.75 Å². The maximum absolute atomic E-state index is 5.82. The molecule has 1 saturated heterocycles. The van der Waals surface area contributed by atoms with Crippen molar-refractivity contribution in [3.63, 3.8) is 0 Å². The highest BCUT2D eigenvalue weighted by molar-refractivity contribution is 5.57. The van der Waals surface area contributed by atoms with Crippen LogP contribution in [0.5, 0.6) is 5.75 Å². The molecule has 0 radical (unpaired) electrons. The molecule has 1 atom stereocenters. The summed E-state index contributed by atoms with van der Waals surface area (Å²) in [4.78, 5) is 2.35. The monoisotopic (exact) mass is 250 g/mol. The first-order chi connectivity index (χ1) is 8.74. The van der Waals surface area contributed by atoms with Gasteiger partial charge in [0.05, 0.1) is 13.2 Å². The Morgan fingerprint density at radius 3 is 3.06 bits per heavy atom. The van der Waals surface area contributed by atoms with Crippen molar-refractivity contribution in [2.75, 3.05) is 31.7 Å². The van der Waals surface area contributed by atoms with Gasteiger partial charge in [0.25, 0.3) is 0 Å². The van der Waals surface area contributed by atoms with Crippen LogP contribution in [-0.2, 0) is 11.3 Å². The van der Waals surface area contributed by atoms with Crippen LogP contribution in [0.15, 0.2) is 18.2 Å². The largest absolute Gasteiger partial charge is 0.497 e. The van der Waals surface area contributed by atoms with Crippen LogP contribution in [0.4, 0.5) is 5.69 Å². The van der Waals surface area contributed by atoms with Gasteiger partial charge in [0, 0.05) is 38.0 Å². The van der Waals surface area contributed by atoms with Crippen LogP contribution in [0.1, 0.15) is 18.9 Å². The Labute approximate surface area is 109 Å². The molecule has 0 spiro atoms. The first-order valence-electron chi connectivity index (χ1n) is 6.48. The third-order valence-corrected chi connectivity index (χ3v) is 3.31. The molecule has 100 valence electrons. The second-order valence-corrected chi connectivity index (χ2v) is 4.68. The summed E-state index contributed by atoms with van der Waals surface area (Å²) < 4.78 is 11.0. The van der Waals surface area contributed by atoms with Gasteiger partial charge in [-0.3, -0.25) is 0 Å². The number of anilines is 1. The summed E-state index contributed by atoms with van der Waals surface area (Å²) in [6.45, 7) is 5.40. The van der Waals surface area contributed by atoms with Crippen LogP contribution in [0.2, 0.25) is 0 Å². The van der Waals surface area contributed by atoms with E-state index in [0.717, 1.165) is 37.4 Å². The number of nitrogens with zero attached hydrogens (tertiary/aromatic N) is 1. The van der Waals surface area contributed by atoms with E-state index in [4.69, 9.17) is 15.2 Å². The number of nitrogens with two attached hydrogens (primary N) is 1. The highest BCUT2D eigenvalue weighted by atomic mass is 16.5. The number of rotatable bonds is 3. The van der Waals surface area contributed by atoms with E-state index in [1.165, 1.54) is 5.69 Å². The number of ether oxygens (including phenoxy) is 2. The first kappa shape index (κ1) is 13.2. The summed E-state index contributed by atoms with van der Waals surface area (Å²) in [5.41, 5.74) is 8.16. The number of methoxy groups -OCH3 is 1. The van der Waals surface area contributed by atoms with Crippen LogP contribution >= 0.6 is 0 Å². The number of hydrogen-bond acceptors (Lipinski definition) is 4. The molecule has 0 aromatic heterocycles. The van der Waals surface area contributed by atoms with Crippen LogP contribution < -0.4 is 15.4 Å². The quantitative estimate of drug-likeness (QED) is 0.888. The minimum atomic E-state index is 0.254. The van der Waals surface area contributed by atoms with Gasteiger partial charge in [0.2, 0.25) is 0 Å². The lowest BCUT2D eigenvalue weighted by Crippen LogP contribution is -2.31. The fourth-order valence-electron chi connectivity index (χ4n) is 2.35. The smallest absolute Gasteiger partial charge is 0.120 e. The molecule has 1 aliphatic heterocycles. The third-order valence-electron chi connectivity index (χ3n) is 3.31. The predicted octanol–water partition coefficient (Wildman–Crippen LogP) is 1.77. The molecule has 0 aliphatic carbocycles. The molecule has 1 unspecified atom stereocenters. The normalized spacial score (nSPS) is 20.6. The second-order valence-electron chi connectivity index (χ2n) is 4.68. The van der Waals surface area contributed by atoms with Gasteiger partial charge in [0.15, 0.2) is 0 Å². The summed E-state index contributed by atoms with van der Waals surface area (Å²) in [7, 11) is 1.69. The lowest BCUT2D eigenvalue weighted by atomic mass is 10.1. The molecule has 1 fully saturated rings. The van der Waals surface area contributed by atoms with Crippen LogP contribution in [-0.4, -0.2) is 32.9 Å². The maximum atomic E-state index is 5.82. The molecule has 0 amide bonds. The molecule has 1 aromatic carbocycles. The molecule has 0 bridgehead atoms. The van der Waals surface area contributed by atoms with Crippen molar-refractivity contribution in [1.82, 2.24) is 0 Å².